The molecule has 0 aliphatic heterocycles. The molecular formula is C18H30ClNO2. The molecule has 1 atom stereocenters. The number of aryl methyl sites for hydroxylation is 1. The number of hydrogen-bond donors (Lipinski definition) is 2. The molecule has 1 aromatic carbocycles. The summed E-state index contributed by atoms with van der Waals surface area (Å²) in [5, 5.41) is 13.5. The van der Waals surface area contributed by atoms with Crippen LogP contribution in [-0.2, 0) is 0 Å². The van der Waals surface area contributed by atoms with Crippen LogP contribution >= 0.6 is 12.4 Å². The van der Waals surface area contributed by atoms with Crippen molar-refractivity contribution in [1.29, 1.82) is 0 Å². The molecule has 1 saturated carbocycles. The van der Waals surface area contributed by atoms with Crippen molar-refractivity contribution in [3.05, 3.63) is 29.3 Å². The van der Waals surface area contributed by atoms with Gasteiger partial charge in [0, 0.05) is 12.6 Å². The zero-order valence-corrected chi connectivity index (χ0v) is 14.8. The highest BCUT2D eigenvalue weighted by Gasteiger charge is 2.16. The molecule has 1 aliphatic carbocycles. The Morgan fingerprint density at radius 3 is 2.59 bits per heavy atom. The molecule has 0 bridgehead atoms. The fourth-order valence-corrected chi connectivity index (χ4v) is 2.92. The van der Waals surface area contributed by atoms with Gasteiger partial charge in [0.1, 0.15) is 18.5 Å². The summed E-state index contributed by atoms with van der Waals surface area (Å²) in [5.41, 5.74) is 2.39. The van der Waals surface area contributed by atoms with Crippen molar-refractivity contribution in [2.24, 2.45) is 0 Å². The molecule has 0 spiro atoms. The van der Waals surface area contributed by atoms with Crippen LogP contribution in [-0.4, -0.2) is 30.4 Å². The smallest absolute Gasteiger partial charge is 0.123 e. The van der Waals surface area contributed by atoms with Crippen LogP contribution in [0.5, 0.6) is 5.75 Å². The Morgan fingerprint density at radius 1 is 1.27 bits per heavy atom. The molecular weight excluding hydrogens is 298 g/mol. The van der Waals surface area contributed by atoms with Gasteiger partial charge in [0.2, 0.25) is 0 Å². The molecule has 0 aromatic heterocycles. The van der Waals surface area contributed by atoms with Crippen molar-refractivity contribution in [1.82, 2.24) is 5.32 Å². The lowest BCUT2D eigenvalue weighted by Gasteiger charge is -2.19. The van der Waals surface area contributed by atoms with Gasteiger partial charge in [-0.15, -0.1) is 12.4 Å². The third-order valence-electron chi connectivity index (χ3n) is 4.22. The van der Waals surface area contributed by atoms with Gasteiger partial charge in [0.25, 0.3) is 0 Å². The second-order valence-electron chi connectivity index (χ2n) is 6.55. The molecule has 1 fully saturated rings. The number of halogens is 1. The van der Waals surface area contributed by atoms with E-state index in [9.17, 15) is 5.11 Å². The van der Waals surface area contributed by atoms with Crippen molar-refractivity contribution in [3.8, 4) is 5.75 Å². The van der Waals surface area contributed by atoms with Gasteiger partial charge in [-0.05, 0) is 42.9 Å². The molecule has 0 heterocycles. The number of ether oxygens (including phenoxy) is 1. The fourth-order valence-electron chi connectivity index (χ4n) is 2.92. The quantitative estimate of drug-likeness (QED) is 0.800. The highest BCUT2D eigenvalue weighted by atomic mass is 35.5. The average Bonchev–Trinajstić information content (AvgIpc) is 2.96. The molecule has 1 aromatic rings. The van der Waals surface area contributed by atoms with Crippen molar-refractivity contribution >= 4 is 12.4 Å². The minimum Gasteiger partial charge on any atom is -0.491 e. The van der Waals surface area contributed by atoms with Gasteiger partial charge in [-0.2, -0.15) is 0 Å². The Kier molecular flexibility index (Phi) is 8.23. The minimum absolute atomic E-state index is 0. The Labute approximate surface area is 140 Å². The second-order valence-corrected chi connectivity index (χ2v) is 6.55. The topological polar surface area (TPSA) is 41.5 Å². The average molecular weight is 328 g/mol. The second kappa shape index (κ2) is 9.39. The number of aliphatic hydroxyl groups excluding tert-OH is 1. The Bertz CT molecular complexity index is 445. The van der Waals surface area contributed by atoms with Crippen LogP contribution in [0.2, 0.25) is 0 Å². The lowest BCUT2D eigenvalue weighted by molar-refractivity contribution is 0.103. The van der Waals surface area contributed by atoms with Crippen molar-refractivity contribution in [2.75, 3.05) is 13.2 Å². The lowest BCUT2D eigenvalue weighted by Crippen LogP contribution is -2.36. The third kappa shape index (κ3) is 5.79. The molecule has 1 aliphatic rings. The van der Waals surface area contributed by atoms with Crippen LogP contribution in [0.1, 0.15) is 56.6 Å². The molecule has 4 heteroatoms. The predicted molar refractivity (Wildman–Crippen MR) is 94.3 cm³/mol. The predicted octanol–water partition coefficient (Wildman–Crippen LogP) is 3.81. The minimum atomic E-state index is -0.453. The molecule has 0 amide bonds. The number of hydrogen-bond acceptors (Lipinski definition) is 3. The van der Waals surface area contributed by atoms with Gasteiger partial charge in [0.15, 0.2) is 0 Å². The van der Waals surface area contributed by atoms with Gasteiger partial charge in [0.05, 0.1) is 0 Å². The SMILES string of the molecule is Cc1ccc(C(C)C)c(OCC(O)CNC2CCCC2)c1.Cl. The Morgan fingerprint density at radius 2 is 1.95 bits per heavy atom. The van der Waals surface area contributed by atoms with E-state index in [-0.39, 0.29) is 12.4 Å². The molecule has 0 radical (unpaired) electrons. The standard InChI is InChI=1S/C18H29NO2.ClH/c1-13(2)17-9-8-14(3)10-18(17)21-12-16(20)11-19-15-6-4-5-7-15;/h8-10,13,15-16,19-20H,4-7,11-12H2,1-3H3;1H. The van der Waals surface area contributed by atoms with Crippen LogP contribution in [0.3, 0.4) is 0 Å². The van der Waals surface area contributed by atoms with Crippen LogP contribution in [0.25, 0.3) is 0 Å². The molecule has 22 heavy (non-hydrogen) atoms. The first-order valence-electron chi connectivity index (χ1n) is 8.21. The monoisotopic (exact) mass is 327 g/mol. The highest BCUT2D eigenvalue weighted by molar-refractivity contribution is 5.85. The molecule has 2 N–H and O–H groups in total. The van der Waals surface area contributed by atoms with E-state index in [1.54, 1.807) is 0 Å². The van der Waals surface area contributed by atoms with Gasteiger partial charge >= 0.3 is 0 Å². The highest BCUT2D eigenvalue weighted by Crippen LogP contribution is 2.27. The van der Waals surface area contributed by atoms with E-state index in [2.05, 4.69) is 44.3 Å². The van der Waals surface area contributed by atoms with E-state index in [1.807, 2.05) is 0 Å². The van der Waals surface area contributed by atoms with Gasteiger partial charge < -0.3 is 15.2 Å². The summed E-state index contributed by atoms with van der Waals surface area (Å²) in [6, 6.07) is 6.88. The maximum Gasteiger partial charge on any atom is 0.123 e. The van der Waals surface area contributed by atoms with E-state index >= 15 is 0 Å². The van der Waals surface area contributed by atoms with Crippen LogP contribution in [0.15, 0.2) is 18.2 Å². The van der Waals surface area contributed by atoms with Crippen molar-refractivity contribution in [2.45, 2.75) is 64.5 Å². The summed E-state index contributed by atoms with van der Waals surface area (Å²) < 4.78 is 5.87. The first kappa shape index (κ1) is 19.3. The zero-order valence-electron chi connectivity index (χ0n) is 14.0. The van der Waals surface area contributed by atoms with E-state index < -0.39 is 6.10 Å². The maximum atomic E-state index is 10.1. The lowest BCUT2D eigenvalue weighted by atomic mass is 10.0. The molecule has 3 nitrogen and oxygen atoms in total. The number of nitrogens with one attached hydrogen (secondary N) is 1. The molecule has 126 valence electrons. The molecule has 1 unspecified atom stereocenters. The third-order valence-corrected chi connectivity index (χ3v) is 4.22. The summed E-state index contributed by atoms with van der Waals surface area (Å²) in [5.74, 6) is 1.33. The van der Waals surface area contributed by atoms with E-state index in [0.717, 1.165) is 5.75 Å². The first-order chi connectivity index (χ1) is 10.1. The van der Waals surface area contributed by atoms with Gasteiger partial charge in [-0.25, -0.2) is 0 Å². The van der Waals surface area contributed by atoms with E-state index in [4.69, 9.17) is 4.74 Å². The first-order valence-corrected chi connectivity index (χ1v) is 8.21. The maximum absolute atomic E-state index is 10.1. The van der Waals surface area contributed by atoms with Gasteiger partial charge in [-0.1, -0.05) is 38.8 Å². The zero-order chi connectivity index (χ0) is 15.2. The van der Waals surface area contributed by atoms with Crippen molar-refractivity contribution in [3.63, 3.8) is 0 Å². The van der Waals surface area contributed by atoms with Crippen LogP contribution in [0.4, 0.5) is 0 Å². The normalized spacial score (nSPS) is 16.6. The fraction of sp³-hybridized carbons (Fsp3) is 0.667. The summed E-state index contributed by atoms with van der Waals surface area (Å²) >= 11 is 0. The van der Waals surface area contributed by atoms with Crippen molar-refractivity contribution < 1.29 is 9.84 Å². The molecule has 2 rings (SSSR count). The summed E-state index contributed by atoms with van der Waals surface area (Å²) in [6.45, 7) is 7.36. The Balaban J connectivity index is 0.00000242. The summed E-state index contributed by atoms with van der Waals surface area (Å²) in [7, 11) is 0. The number of benzene rings is 1. The van der Waals surface area contributed by atoms with E-state index in [1.165, 1.54) is 36.8 Å². The van der Waals surface area contributed by atoms with Crippen LogP contribution in [0, 0.1) is 6.92 Å². The van der Waals surface area contributed by atoms with E-state index in [0.29, 0.717) is 25.1 Å². The number of aliphatic hydroxyl groups is 1. The summed E-state index contributed by atoms with van der Waals surface area (Å²) in [6.07, 6.45) is 4.65. The molecule has 0 saturated heterocycles. The summed E-state index contributed by atoms with van der Waals surface area (Å²) in [4.78, 5) is 0. The van der Waals surface area contributed by atoms with Gasteiger partial charge in [-0.3, -0.25) is 0 Å². The number of rotatable bonds is 7. The Hall–Kier alpha value is -0.770. The van der Waals surface area contributed by atoms with Crippen LogP contribution < -0.4 is 10.1 Å². The largest absolute Gasteiger partial charge is 0.491 e.